The molecule has 1 N–H and O–H groups in total. The van der Waals surface area contributed by atoms with E-state index in [1.807, 2.05) is 6.08 Å². The Morgan fingerprint density at radius 1 is 0.682 bits per heavy atom. The molecule has 0 spiro atoms. The lowest BCUT2D eigenvalue weighted by molar-refractivity contribution is 0.334. The topological polar surface area (TPSA) is 20.2 Å². The highest BCUT2D eigenvalue weighted by Crippen LogP contribution is 2.30. The van der Waals surface area contributed by atoms with Gasteiger partial charge in [0.05, 0.1) is 6.61 Å². The fraction of sp³-hybridized carbons (Fsp3) is 0.238. The molecular weight excluding hydrogens is 268 g/mol. The van der Waals surface area contributed by atoms with Crippen LogP contribution in [0.4, 0.5) is 0 Å². The van der Waals surface area contributed by atoms with Gasteiger partial charge in [-0.3, -0.25) is 0 Å². The lowest BCUT2D eigenvalue weighted by Crippen LogP contribution is -1.92. The van der Waals surface area contributed by atoms with Crippen LogP contribution in [-0.2, 0) is 0 Å². The number of rotatable bonds is 3. The molecule has 0 heterocycles. The lowest BCUT2D eigenvalue weighted by Gasteiger charge is -2.05. The van der Waals surface area contributed by atoms with E-state index in [1.54, 1.807) is 0 Å². The maximum atomic E-state index is 9.04. The van der Waals surface area contributed by atoms with Crippen molar-refractivity contribution in [2.24, 2.45) is 0 Å². The smallest absolute Gasteiger partial charge is 0.0684 e. The SMILES string of the molecule is C1=CCC(C2=CC=CC2)=C1.OCC1=C(C2=CC=CC2)CC=C1. The van der Waals surface area contributed by atoms with Crippen LogP contribution in [0.3, 0.4) is 0 Å². The van der Waals surface area contributed by atoms with Gasteiger partial charge >= 0.3 is 0 Å². The van der Waals surface area contributed by atoms with Gasteiger partial charge in [-0.15, -0.1) is 0 Å². The number of aliphatic hydroxyl groups excluding tert-OH is 1. The van der Waals surface area contributed by atoms with Gasteiger partial charge in [-0.25, -0.2) is 0 Å². The second-order valence-electron chi connectivity index (χ2n) is 5.74. The van der Waals surface area contributed by atoms with Crippen LogP contribution in [0.15, 0.2) is 94.7 Å². The Balaban J connectivity index is 0.000000133. The van der Waals surface area contributed by atoms with Crippen LogP contribution >= 0.6 is 0 Å². The molecule has 0 fully saturated rings. The molecule has 0 unspecified atom stereocenters. The Labute approximate surface area is 132 Å². The number of aliphatic hydroxyl groups is 1. The summed E-state index contributed by atoms with van der Waals surface area (Å²) in [5.74, 6) is 0. The third-order valence-electron chi connectivity index (χ3n) is 4.31. The van der Waals surface area contributed by atoms with Gasteiger partial charge in [-0.1, -0.05) is 66.8 Å². The van der Waals surface area contributed by atoms with Gasteiger partial charge in [-0.2, -0.15) is 0 Å². The zero-order valence-corrected chi connectivity index (χ0v) is 12.8. The average Bonchev–Trinajstić information content (AvgIpc) is 3.37. The second-order valence-corrected chi connectivity index (χ2v) is 5.74. The van der Waals surface area contributed by atoms with Crippen molar-refractivity contribution >= 4 is 0 Å². The first-order chi connectivity index (χ1) is 10.9. The Kier molecular flexibility index (Phi) is 4.87. The number of hydrogen-bond donors (Lipinski definition) is 1. The Hall–Kier alpha value is -2.12. The molecule has 0 radical (unpaired) electrons. The van der Waals surface area contributed by atoms with Gasteiger partial charge in [0.1, 0.15) is 0 Å². The van der Waals surface area contributed by atoms with Gasteiger partial charge in [-0.05, 0) is 53.5 Å². The van der Waals surface area contributed by atoms with Crippen molar-refractivity contribution < 1.29 is 5.11 Å². The molecule has 0 aliphatic heterocycles. The van der Waals surface area contributed by atoms with E-state index < -0.39 is 0 Å². The van der Waals surface area contributed by atoms with Crippen LogP contribution in [0.1, 0.15) is 25.7 Å². The first-order valence-corrected chi connectivity index (χ1v) is 7.96. The van der Waals surface area contributed by atoms with Gasteiger partial charge in [0.2, 0.25) is 0 Å². The largest absolute Gasteiger partial charge is 0.392 e. The summed E-state index contributed by atoms with van der Waals surface area (Å²) in [7, 11) is 0. The molecule has 22 heavy (non-hydrogen) atoms. The van der Waals surface area contributed by atoms with Crippen LogP contribution in [0, 0.1) is 0 Å². The Morgan fingerprint density at radius 3 is 1.68 bits per heavy atom. The van der Waals surface area contributed by atoms with Crippen molar-refractivity contribution in [2.75, 3.05) is 6.61 Å². The Bertz CT molecular complexity index is 645. The minimum Gasteiger partial charge on any atom is -0.392 e. The average molecular weight is 290 g/mol. The second kappa shape index (κ2) is 7.24. The minimum atomic E-state index is 0.170. The molecule has 0 saturated heterocycles. The van der Waals surface area contributed by atoms with Crippen molar-refractivity contribution in [3.05, 3.63) is 94.7 Å². The molecular formula is C21H22O. The monoisotopic (exact) mass is 290 g/mol. The summed E-state index contributed by atoms with van der Waals surface area (Å²) in [5, 5.41) is 9.04. The predicted molar refractivity (Wildman–Crippen MR) is 93.4 cm³/mol. The lowest BCUT2D eigenvalue weighted by atomic mass is 10.0. The zero-order chi connectivity index (χ0) is 15.2. The summed E-state index contributed by atoms with van der Waals surface area (Å²) >= 11 is 0. The number of hydrogen-bond acceptors (Lipinski definition) is 1. The molecule has 1 nitrogen and oxygen atoms in total. The minimum absolute atomic E-state index is 0.170. The highest BCUT2D eigenvalue weighted by Gasteiger charge is 2.12. The van der Waals surface area contributed by atoms with Crippen molar-refractivity contribution in [3.63, 3.8) is 0 Å². The predicted octanol–water partition coefficient (Wildman–Crippen LogP) is 4.88. The maximum Gasteiger partial charge on any atom is 0.0684 e. The fourth-order valence-corrected chi connectivity index (χ4v) is 3.08. The molecule has 0 amide bonds. The molecule has 4 rings (SSSR count). The van der Waals surface area contributed by atoms with E-state index in [9.17, 15) is 0 Å². The van der Waals surface area contributed by atoms with Crippen LogP contribution in [0.2, 0.25) is 0 Å². The molecule has 0 saturated carbocycles. The van der Waals surface area contributed by atoms with Crippen LogP contribution < -0.4 is 0 Å². The van der Waals surface area contributed by atoms with Gasteiger partial charge < -0.3 is 5.11 Å². The molecule has 0 atom stereocenters. The third-order valence-corrected chi connectivity index (χ3v) is 4.31. The standard InChI is InChI=1S/C11H12O.C10H10/c12-8-10-6-3-7-11(10)9-4-1-2-5-9;1-2-6-9(5-1)10-7-3-4-8-10/h1-4,6,12H,5,7-8H2;1-5,7H,6,8H2. The van der Waals surface area contributed by atoms with Crippen molar-refractivity contribution in [2.45, 2.75) is 25.7 Å². The van der Waals surface area contributed by atoms with Crippen molar-refractivity contribution in [3.8, 4) is 0 Å². The molecule has 0 bridgehead atoms. The summed E-state index contributed by atoms with van der Waals surface area (Å²) in [5.41, 5.74) is 6.76. The quantitative estimate of drug-likeness (QED) is 0.785. The van der Waals surface area contributed by atoms with E-state index in [0.29, 0.717) is 0 Å². The first kappa shape index (κ1) is 14.8. The van der Waals surface area contributed by atoms with Gasteiger partial charge in [0.15, 0.2) is 0 Å². The van der Waals surface area contributed by atoms with E-state index in [2.05, 4.69) is 60.8 Å². The zero-order valence-electron chi connectivity index (χ0n) is 12.8. The number of allylic oxidation sites excluding steroid dienone is 14. The van der Waals surface area contributed by atoms with Crippen molar-refractivity contribution in [1.82, 2.24) is 0 Å². The molecule has 1 heteroatoms. The molecule has 0 aromatic rings. The third kappa shape index (κ3) is 3.37. The molecule has 0 aromatic carbocycles. The van der Waals surface area contributed by atoms with Crippen LogP contribution in [-0.4, -0.2) is 11.7 Å². The highest BCUT2D eigenvalue weighted by atomic mass is 16.3. The normalized spacial score (nSPS) is 21.2. The van der Waals surface area contributed by atoms with Crippen LogP contribution in [0.25, 0.3) is 0 Å². The fourth-order valence-electron chi connectivity index (χ4n) is 3.08. The highest BCUT2D eigenvalue weighted by molar-refractivity contribution is 5.49. The molecule has 112 valence electrons. The van der Waals surface area contributed by atoms with E-state index in [1.165, 1.54) is 22.3 Å². The van der Waals surface area contributed by atoms with Crippen molar-refractivity contribution in [1.29, 1.82) is 0 Å². The van der Waals surface area contributed by atoms with Gasteiger partial charge in [0.25, 0.3) is 0 Å². The summed E-state index contributed by atoms with van der Waals surface area (Å²) in [6.07, 6.45) is 27.9. The van der Waals surface area contributed by atoms with E-state index in [0.717, 1.165) is 31.3 Å². The summed E-state index contributed by atoms with van der Waals surface area (Å²) in [6, 6.07) is 0. The van der Waals surface area contributed by atoms with E-state index in [-0.39, 0.29) is 6.61 Å². The van der Waals surface area contributed by atoms with Crippen LogP contribution in [0.5, 0.6) is 0 Å². The first-order valence-electron chi connectivity index (χ1n) is 7.96. The summed E-state index contributed by atoms with van der Waals surface area (Å²) in [6.45, 7) is 0.170. The molecule has 0 aromatic heterocycles. The summed E-state index contributed by atoms with van der Waals surface area (Å²) < 4.78 is 0. The van der Waals surface area contributed by atoms with E-state index in [4.69, 9.17) is 5.11 Å². The Morgan fingerprint density at radius 2 is 1.23 bits per heavy atom. The van der Waals surface area contributed by atoms with Gasteiger partial charge in [0, 0.05) is 0 Å². The molecule has 4 aliphatic carbocycles. The van der Waals surface area contributed by atoms with E-state index >= 15 is 0 Å². The molecule has 4 aliphatic rings. The maximum absolute atomic E-state index is 9.04. The summed E-state index contributed by atoms with van der Waals surface area (Å²) in [4.78, 5) is 0.